The van der Waals surface area contributed by atoms with E-state index in [4.69, 9.17) is 5.84 Å². The maximum atomic E-state index is 11.5. The first-order valence-electron chi connectivity index (χ1n) is 3.99. The van der Waals surface area contributed by atoms with Crippen LogP contribution in [0.25, 0.3) is 0 Å². The standard InChI is InChI=1S/C7H7BrN4O4/c8-5-1-4(12(15)16)2-11(7(5)14)3-6(13)10-9/h1-2H,3,9H2,(H,10,13). The molecule has 1 heterocycles. The normalized spacial score (nSPS) is 9.88. The van der Waals surface area contributed by atoms with E-state index in [1.807, 2.05) is 5.43 Å². The lowest BCUT2D eigenvalue weighted by molar-refractivity contribution is -0.385. The van der Waals surface area contributed by atoms with Crippen LogP contribution in [0.2, 0.25) is 0 Å². The van der Waals surface area contributed by atoms with Crippen LogP contribution in [0.15, 0.2) is 21.5 Å². The van der Waals surface area contributed by atoms with Crippen molar-refractivity contribution in [2.75, 3.05) is 0 Å². The van der Waals surface area contributed by atoms with Gasteiger partial charge in [-0.25, -0.2) is 5.84 Å². The van der Waals surface area contributed by atoms with E-state index in [1.165, 1.54) is 0 Å². The SMILES string of the molecule is NNC(=O)Cn1cc([N+](=O)[O-])cc(Br)c1=O. The lowest BCUT2D eigenvalue weighted by Gasteiger charge is -2.04. The van der Waals surface area contributed by atoms with Crippen LogP contribution in [-0.2, 0) is 11.3 Å². The van der Waals surface area contributed by atoms with Crippen molar-refractivity contribution in [3.63, 3.8) is 0 Å². The molecule has 0 aliphatic rings. The minimum atomic E-state index is -0.666. The lowest BCUT2D eigenvalue weighted by atomic mass is 10.4. The zero-order chi connectivity index (χ0) is 12.3. The molecule has 0 unspecified atom stereocenters. The topological polar surface area (TPSA) is 120 Å². The van der Waals surface area contributed by atoms with Gasteiger partial charge in [0.2, 0.25) is 0 Å². The average Bonchev–Trinajstić information content (AvgIpc) is 2.23. The Hall–Kier alpha value is -1.74. The summed E-state index contributed by atoms with van der Waals surface area (Å²) >= 11 is 2.88. The van der Waals surface area contributed by atoms with E-state index in [9.17, 15) is 19.7 Å². The van der Waals surface area contributed by atoms with Crippen LogP contribution in [0.5, 0.6) is 0 Å². The number of nitrogens with one attached hydrogen (secondary N) is 1. The maximum absolute atomic E-state index is 11.5. The van der Waals surface area contributed by atoms with Gasteiger partial charge in [-0.1, -0.05) is 0 Å². The Bertz CT molecular complexity index is 498. The zero-order valence-electron chi connectivity index (χ0n) is 7.84. The minimum absolute atomic E-state index is 0.00604. The molecule has 1 aromatic rings. The summed E-state index contributed by atoms with van der Waals surface area (Å²) in [6, 6.07) is 1.07. The fourth-order valence-electron chi connectivity index (χ4n) is 1.00. The first kappa shape index (κ1) is 12.3. The van der Waals surface area contributed by atoms with Crippen molar-refractivity contribution in [2.45, 2.75) is 6.54 Å². The molecule has 0 aromatic carbocycles. The molecule has 86 valence electrons. The highest BCUT2D eigenvalue weighted by molar-refractivity contribution is 9.10. The molecule has 0 radical (unpaired) electrons. The third-order valence-corrected chi connectivity index (χ3v) is 2.28. The van der Waals surface area contributed by atoms with Crippen LogP contribution in [0.3, 0.4) is 0 Å². The molecule has 9 heteroatoms. The van der Waals surface area contributed by atoms with Crippen molar-refractivity contribution < 1.29 is 9.72 Å². The smallest absolute Gasteiger partial charge is 0.286 e. The number of amides is 1. The highest BCUT2D eigenvalue weighted by atomic mass is 79.9. The van der Waals surface area contributed by atoms with Crippen molar-refractivity contribution in [3.8, 4) is 0 Å². The van der Waals surface area contributed by atoms with Gasteiger partial charge in [0.05, 0.1) is 15.6 Å². The van der Waals surface area contributed by atoms with Crippen LogP contribution in [0, 0.1) is 10.1 Å². The number of nitrogens with two attached hydrogens (primary N) is 1. The van der Waals surface area contributed by atoms with Gasteiger partial charge in [-0.2, -0.15) is 0 Å². The summed E-state index contributed by atoms with van der Waals surface area (Å²) in [6.45, 7) is -0.379. The molecule has 0 atom stereocenters. The maximum Gasteiger partial charge on any atom is 0.286 e. The highest BCUT2D eigenvalue weighted by Crippen LogP contribution is 2.13. The Morgan fingerprint density at radius 3 is 2.81 bits per heavy atom. The summed E-state index contributed by atoms with van der Waals surface area (Å²) < 4.78 is 0.899. The highest BCUT2D eigenvalue weighted by Gasteiger charge is 2.13. The van der Waals surface area contributed by atoms with Gasteiger partial charge in [0.1, 0.15) is 6.54 Å². The number of halogens is 1. The molecule has 0 aliphatic carbocycles. The summed E-state index contributed by atoms with van der Waals surface area (Å²) in [5, 5.41) is 10.5. The summed E-state index contributed by atoms with van der Waals surface area (Å²) in [6.07, 6.45) is 0.975. The van der Waals surface area contributed by atoms with Crippen molar-refractivity contribution in [2.24, 2.45) is 5.84 Å². The predicted octanol–water partition coefficient (Wildman–Crippen LogP) is -0.491. The summed E-state index contributed by atoms with van der Waals surface area (Å²) in [5.41, 5.74) is 0.983. The molecule has 1 amide bonds. The van der Waals surface area contributed by atoms with E-state index in [-0.39, 0.29) is 16.7 Å². The van der Waals surface area contributed by atoms with Gasteiger partial charge in [0.15, 0.2) is 0 Å². The molecule has 8 nitrogen and oxygen atoms in total. The van der Waals surface area contributed by atoms with Crippen molar-refractivity contribution in [3.05, 3.63) is 37.2 Å². The first-order chi connectivity index (χ1) is 7.45. The number of hydrazine groups is 1. The number of hydrogen-bond acceptors (Lipinski definition) is 5. The van der Waals surface area contributed by atoms with E-state index in [2.05, 4.69) is 15.9 Å². The fourth-order valence-corrected chi connectivity index (χ4v) is 1.46. The van der Waals surface area contributed by atoms with E-state index >= 15 is 0 Å². The monoisotopic (exact) mass is 290 g/mol. The Morgan fingerprint density at radius 1 is 1.69 bits per heavy atom. The molecule has 0 spiro atoms. The van der Waals surface area contributed by atoms with Gasteiger partial charge in [0, 0.05) is 6.07 Å². The van der Waals surface area contributed by atoms with Crippen LogP contribution < -0.4 is 16.8 Å². The number of pyridine rings is 1. The molecule has 1 rings (SSSR count). The number of hydrogen-bond donors (Lipinski definition) is 2. The Morgan fingerprint density at radius 2 is 2.31 bits per heavy atom. The molecule has 16 heavy (non-hydrogen) atoms. The Balaban J connectivity index is 3.22. The molecular weight excluding hydrogens is 284 g/mol. The predicted molar refractivity (Wildman–Crippen MR) is 57.4 cm³/mol. The largest absolute Gasteiger partial charge is 0.298 e. The second-order valence-corrected chi connectivity index (χ2v) is 3.66. The second kappa shape index (κ2) is 4.86. The number of aromatic nitrogens is 1. The Kier molecular flexibility index (Phi) is 3.74. The number of nitro groups is 1. The zero-order valence-corrected chi connectivity index (χ0v) is 9.43. The van der Waals surface area contributed by atoms with Gasteiger partial charge >= 0.3 is 0 Å². The molecule has 0 fully saturated rings. The van der Waals surface area contributed by atoms with Crippen molar-refractivity contribution >= 4 is 27.5 Å². The second-order valence-electron chi connectivity index (χ2n) is 2.80. The number of carbonyl (C=O) groups excluding carboxylic acids is 1. The molecule has 0 bridgehead atoms. The van der Waals surface area contributed by atoms with Gasteiger partial charge in [-0.05, 0) is 15.9 Å². The average molecular weight is 291 g/mol. The minimum Gasteiger partial charge on any atom is -0.298 e. The van der Waals surface area contributed by atoms with Crippen LogP contribution in [0.1, 0.15) is 0 Å². The van der Waals surface area contributed by atoms with E-state index in [0.29, 0.717) is 0 Å². The third kappa shape index (κ3) is 2.64. The van der Waals surface area contributed by atoms with Crippen LogP contribution >= 0.6 is 15.9 Å². The third-order valence-electron chi connectivity index (χ3n) is 1.71. The van der Waals surface area contributed by atoms with Crippen LogP contribution in [0.4, 0.5) is 5.69 Å². The summed E-state index contributed by atoms with van der Waals surface area (Å²) in [7, 11) is 0. The number of carbonyl (C=O) groups is 1. The molecule has 3 N–H and O–H groups in total. The molecule has 0 saturated heterocycles. The van der Waals surface area contributed by atoms with Crippen molar-refractivity contribution in [1.82, 2.24) is 9.99 Å². The molecule has 0 saturated carbocycles. The summed E-state index contributed by atoms with van der Waals surface area (Å²) in [4.78, 5) is 32.3. The van der Waals surface area contributed by atoms with Gasteiger partial charge in [0.25, 0.3) is 17.2 Å². The van der Waals surface area contributed by atoms with E-state index in [0.717, 1.165) is 16.8 Å². The summed E-state index contributed by atoms with van der Waals surface area (Å²) in [5.74, 6) is 4.22. The molecule has 1 aromatic heterocycles. The van der Waals surface area contributed by atoms with Crippen LogP contribution in [-0.4, -0.2) is 15.4 Å². The Labute approximate surface area is 97.3 Å². The number of nitrogens with zero attached hydrogens (tertiary/aromatic N) is 2. The quantitative estimate of drug-likeness (QED) is 0.337. The molecular formula is C7H7BrN4O4. The van der Waals surface area contributed by atoms with E-state index < -0.39 is 16.4 Å². The fraction of sp³-hybridized carbons (Fsp3) is 0.143. The van der Waals surface area contributed by atoms with Crippen molar-refractivity contribution in [1.29, 1.82) is 0 Å². The first-order valence-corrected chi connectivity index (χ1v) is 4.79. The lowest BCUT2D eigenvalue weighted by Crippen LogP contribution is -2.36. The van der Waals surface area contributed by atoms with Gasteiger partial charge < -0.3 is 0 Å². The number of rotatable bonds is 3. The molecule has 0 aliphatic heterocycles. The van der Waals surface area contributed by atoms with Gasteiger partial charge in [-0.3, -0.25) is 29.7 Å². The van der Waals surface area contributed by atoms with Gasteiger partial charge in [-0.15, -0.1) is 0 Å². The van der Waals surface area contributed by atoms with E-state index in [1.54, 1.807) is 0 Å².